The second-order valence-corrected chi connectivity index (χ2v) is 9.33. The maximum Gasteiger partial charge on any atom is 0.108 e. The van der Waals surface area contributed by atoms with Crippen LogP contribution >= 0.6 is 0 Å². The first kappa shape index (κ1) is 24.1. The summed E-state index contributed by atoms with van der Waals surface area (Å²) in [7, 11) is 0. The zero-order valence-corrected chi connectivity index (χ0v) is 19.5. The molecule has 2 heteroatoms. The molecule has 0 fully saturated rings. The highest BCUT2D eigenvalue weighted by atomic mass is 15.3. The number of anilines is 2. The largest absolute Gasteiger partial charge is 0.361 e. The molecule has 0 spiro atoms. The van der Waals surface area contributed by atoms with Gasteiger partial charge < -0.3 is 10.6 Å². The van der Waals surface area contributed by atoms with E-state index in [0.29, 0.717) is 0 Å². The molecule has 29 heavy (non-hydrogen) atoms. The molecule has 0 aromatic heterocycles. The van der Waals surface area contributed by atoms with Crippen molar-refractivity contribution in [3.05, 3.63) is 24.3 Å². The lowest BCUT2D eigenvalue weighted by atomic mass is 9.94. The van der Waals surface area contributed by atoms with Crippen LogP contribution in [0.1, 0.15) is 129 Å². The smallest absolute Gasteiger partial charge is 0.108 e. The standard InChI is InChI=1S/C27H48N2/c1-3-5-7-9-11-13-15-19-23-27(24-20-16-14-12-10-8-6-4-2)28-25-21-17-18-22-26(25)29-27/h17-18,21-22,28-29H,3-16,19-20,23-24H2,1-2H3. The summed E-state index contributed by atoms with van der Waals surface area (Å²) >= 11 is 0. The molecule has 1 aromatic carbocycles. The van der Waals surface area contributed by atoms with Crippen molar-refractivity contribution >= 4 is 11.4 Å². The number of nitrogens with one attached hydrogen (secondary N) is 2. The first-order valence-corrected chi connectivity index (χ1v) is 12.9. The molecule has 1 aliphatic rings. The molecule has 0 unspecified atom stereocenters. The van der Waals surface area contributed by atoms with Gasteiger partial charge in [-0.15, -0.1) is 0 Å². The normalized spacial score (nSPS) is 14.4. The average molecular weight is 401 g/mol. The number of rotatable bonds is 18. The van der Waals surface area contributed by atoms with Gasteiger partial charge in [-0.3, -0.25) is 0 Å². The Balaban J connectivity index is 1.68. The fraction of sp³-hybridized carbons (Fsp3) is 0.778. The predicted molar refractivity (Wildman–Crippen MR) is 131 cm³/mol. The Morgan fingerprint density at radius 1 is 0.517 bits per heavy atom. The first-order chi connectivity index (χ1) is 14.3. The SMILES string of the molecule is CCCCCCCCCCC1(CCCCCCCCCC)Nc2ccccc2N1. The number of unbranched alkanes of at least 4 members (excludes halogenated alkanes) is 14. The quantitative estimate of drug-likeness (QED) is 0.240. The summed E-state index contributed by atoms with van der Waals surface area (Å²) in [4.78, 5) is 0. The Kier molecular flexibility index (Phi) is 12.3. The lowest BCUT2D eigenvalue weighted by Gasteiger charge is -2.31. The molecule has 166 valence electrons. The molecule has 0 saturated heterocycles. The van der Waals surface area contributed by atoms with E-state index in [-0.39, 0.29) is 5.66 Å². The van der Waals surface area contributed by atoms with Gasteiger partial charge in [0.1, 0.15) is 5.66 Å². The number of hydrogen-bond acceptors (Lipinski definition) is 2. The molecular formula is C27H48N2. The van der Waals surface area contributed by atoms with Crippen LogP contribution in [0.15, 0.2) is 24.3 Å². The third kappa shape index (κ3) is 9.45. The Bertz CT molecular complexity index is 478. The molecule has 0 saturated carbocycles. The Labute approximate surface area is 181 Å². The van der Waals surface area contributed by atoms with E-state index in [9.17, 15) is 0 Å². The number of hydrogen-bond donors (Lipinski definition) is 2. The fourth-order valence-electron chi connectivity index (χ4n) is 4.74. The van der Waals surface area contributed by atoms with Crippen LogP contribution < -0.4 is 10.6 Å². The monoisotopic (exact) mass is 400 g/mol. The Morgan fingerprint density at radius 2 is 0.862 bits per heavy atom. The van der Waals surface area contributed by atoms with Crippen molar-refractivity contribution in [2.24, 2.45) is 0 Å². The van der Waals surface area contributed by atoms with Gasteiger partial charge in [0, 0.05) is 0 Å². The number of benzene rings is 1. The molecular weight excluding hydrogens is 352 g/mol. The molecule has 2 nitrogen and oxygen atoms in total. The van der Waals surface area contributed by atoms with E-state index in [4.69, 9.17) is 0 Å². The highest BCUT2D eigenvalue weighted by Crippen LogP contribution is 2.39. The molecule has 0 aliphatic carbocycles. The minimum atomic E-state index is 0.0914. The summed E-state index contributed by atoms with van der Waals surface area (Å²) in [5, 5.41) is 7.75. The van der Waals surface area contributed by atoms with Crippen molar-refractivity contribution in [1.82, 2.24) is 0 Å². The van der Waals surface area contributed by atoms with Gasteiger partial charge in [-0.1, -0.05) is 116 Å². The summed E-state index contributed by atoms with van der Waals surface area (Å²) in [6.45, 7) is 4.59. The summed E-state index contributed by atoms with van der Waals surface area (Å²) in [5.41, 5.74) is 2.69. The Morgan fingerprint density at radius 3 is 1.24 bits per heavy atom. The minimum Gasteiger partial charge on any atom is -0.361 e. The maximum absolute atomic E-state index is 3.87. The van der Waals surface area contributed by atoms with Crippen LogP contribution in [0.4, 0.5) is 11.4 Å². The van der Waals surface area contributed by atoms with Crippen molar-refractivity contribution in [3.63, 3.8) is 0 Å². The minimum absolute atomic E-state index is 0.0914. The van der Waals surface area contributed by atoms with Crippen LogP contribution in [0.3, 0.4) is 0 Å². The van der Waals surface area contributed by atoms with Crippen LogP contribution in [0.5, 0.6) is 0 Å². The van der Waals surface area contributed by atoms with Gasteiger partial charge in [-0.2, -0.15) is 0 Å². The average Bonchev–Trinajstić information content (AvgIpc) is 3.10. The molecule has 2 rings (SSSR count). The zero-order chi connectivity index (χ0) is 20.6. The lowest BCUT2D eigenvalue weighted by molar-refractivity contribution is 0.410. The van der Waals surface area contributed by atoms with Crippen molar-refractivity contribution in [2.45, 2.75) is 135 Å². The lowest BCUT2D eigenvalue weighted by Crippen LogP contribution is -2.41. The van der Waals surface area contributed by atoms with E-state index in [0.717, 1.165) is 0 Å². The summed E-state index contributed by atoms with van der Waals surface area (Å²) in [6, 6.07) is 8.75. The van der Waals surface area contributed by atoms with Crippen molar-refractivity contribution < 1.29 is 0 Å². The van der Waals surface area contributed by atoms with Gasteiger partial charge in [0.2, 0.25) is 0 Å². The third-order valence-corrected chi connectivity index (χ3v) is 6.59. The highest BCUT2D eigenvalue weighted by Gasteiger charge is 2.34. The second kappa shape index (κ2) is 14.7. The fourth-order valence-corrected chi connectivity index (χ4v) is 4.74. The van der Waals surface area contributed by atoms with E-state index in [1.54, 1.807) is 0 Å². The van der Waals surface area contributed by atoms with Gasteiger partial charge in [-0.25, -0.2) is 0 Å². The first-order valence-electron chi connectivity index (χ1n) is 12.9. The maximum atomic E-state index is 3.87. The molecule has 1 aliphatic heterocycles. The van der Waals surface area contributed by atoms with E-state index in [2.05, 4.69) is 48.7 Å². The summed E-state index contributed by atoms with van der Waals surface area (Å²) in [6.07, 6.45) is 24.8. The van der Waals surface area contributed by atoms with Gasteiger partial charge in [-0.05, 0) is 37.8 Å². The van der Waals surface area contributed by atoms with Crippen molar-refractivity contribution in [3.8, 4) is 0 Å². The molecule has 0 atom stereocenters. The van der Waals surface area contributed by atoms with E-state index in [1.165, 1.54) is 127 Å². The van der Waals surface area contributed by atoms with Crippen molar-refractivity contribution in [1.29, 1.82) is 0 Å². The number of para-hydroxylation sites is 2. The third-order valence-electron chi connectivity index (χ3n) is 6.59. The van der Waals surface area contributed by atoms with Crippen molar-refractivity contribution in [2.75, 3.05) is 10.6 Å². The summed E-state index contributed by atoms with van der Waals surface area (Å²) in [5.74, 6) is 0. The van der Waals surface area contributed by atoms with E-state index in [1.807, 2.05) is 0 Å². The molecule has 1 heterocycles. The molecule has 0 bridgehead atoms. The topological polar surface area (TPSA) is 24.1 Å². The molecule has 0 amide bonds. The van der Waals surface area contributed by atoms with Crippen LogP contribution in [0.2, 0.25) is 0 Å². The van der Waals surface area contributed by atoms with Crippen LogP contribution in [-0.2, 0) is 0 Å². The van der Waals surface area contributed by atoms with Gasteiger partial charge in [0.05, 0.1) is 11.4 Å². The number of fused-ring (bicyclic) bond motifs is 1. The zero-order valence-electron chi connectivity index (χ0n) is 19.5. The van der Waals surface area contributed by atoms with Gasteiger partial charge >= 0.3 is 0 Å². The molecule has 0 radical (unpaired) electrons. The van der Waals surface area contributed by atoms with Crippen LogP contribution in [0, 0.1) is 0 Å². The highest BCUT2D eigenvalue weighted by molar-refractivity contribution is 5.75. The van der Waals surface area contributed by atoms with Gasteiger partial charge in [0.15, 0.2) is 0 Å². The molecule has 1 aromatic rings. The van der Waals surface area contributed by atoms with Crippen LogP contribution in [0.25, 0.3) is 0 Å². The van der Waals surface area contributed by atoms with E-state index < -0.39 is 0 Å². The summed E-state index contributed by atoms with van der Waals surface area (Å²) < 4.78 is 0. The van der Waals surface area contributed by atoms with Gasteiger partial charge in [0.25, 0.3) is 0 Å². The second-order valence-electron chi connectivity index (χ2n) is 9.33. The van der Waals surface area contributed by atoms with Crippen LogP contribution in [-0.4, -0.2) is 5.66 Å². The van der Waals surface area contributed by atoms with E-state index >= 15 is 0 Å². The predicted octanol–water partition coefficient (Wildman–Crippen LogP) is 9.28. The Hall–Kier alpha value is -1.18. The molecule has 2 N–H and O–H groups in total.